The fraction of sp³-hybridized carbons (Fsp3) is 0.529. The molecule has 0 atom stereocenters. The molecule has 3 rings (SSSR count). The Morgan fingerprint density at radius 2 is 2.00 bits per heavy atom. The molecule has 1 aliphatic heterocycles. The minimum absolute atomic E-state index is 0. The first-order valence-electron chi connectivity index (χ1n) is 8.18. The molecule has 1 fully saturated rings. The first kappa shape index (κ1) is 19.2. The molecule has 0 saturated carbocycles. The smallest absolute Gasteiger partial charge is 0.211 e. The molecule has 1 aliphatic rings. The summed E-state index contributed by atoms with van der Waals surface area (Å²) in [6, 6.07) is 6.24. The van der Waals surface area contributed by atoms with Crippen LogP contribution in [-0.4, -0.2) is 51.2 Å². The van der Waals surface area contributed by atoms with E-state index in [-0.39, 0.29) is 18.2 Å². The molecule has 0 spiro atoms. The largest absolute Gasteiger partial charge is 0.361 e. The summed E-state index contributed by atoms with van der Waals surface area (Å²) in [5, 5.41) is 1.25. The third-order valence-corrected chi connectivity index (χ3v) is 6.27. The van der Waals surface area contributed by atoms with E-state index in [0.29, 0.717) is 12.3 Å². The van der Waals surface area contributed by atoms with Crippen LogP contribution in [0.4, 0.5) is 0 Å². The molecule has 2 aromatic rings. The van der Waals surface area contributed by atoms with Crippen molar-refractivity contribution < 1.29 is 8.42 Å². The summed E-state index contributed by atoms with van der Waals surface area (Å²) in [6.45, 7) is 2.27. The number of H-pyrrole nitrogens is 1. The normalized spacial score (nSPS) is 17.1. The molecule has 5 nitrogen and oxygen atoms in total. The van der Waals surface area contributed by atoms with Gasteiger partial charge < -0.3 is 9.88 Å². The van der Waals surface area contributed by atoms with Gasteiger partial charge in [-0.2, -0.15) is 0 Å². The molecule has 0 radical (unpaired) electrons. The zero-order valence-corrected chi connectivity index (χ0v) is 15.8. The summed E-state index contributed by atoms with van der Waals surface area (Å²) < 4.78 is 25.6. The van der Waals surface area contributed by atoms with Gasteiger partial charge in [-0.1, -0.05) is 6.07 Å². The van der Waals surface area contributed by atoms with Crippen LogP contribution in [0.15, 0.2) is 24.4 Å². The number of hydrogen-bond acceptors (Lipinski definition) is 3. The van der Waals surface area contributed by atoms with Crippen molar-refractivity contribution in [3.05, 3.63) is 35.5 Å². The van der Waals surface area contributed by atoms with Crippen LogP contribution in [0.1, 0.15) is 29.9 Å². The molecule has 134 valence electrons. The van der Waals surface area contributed by atoms with Crippen molar-refractivity contribution in [1.29, 1.82) is 0 Å². The monoisotopic (exact) mass is 371 g/mol. The number of hydrogen-bond donors (Lipinski definition) is 2. The van der Waals surface area contributed by atoms with E-state index in [1.54, 1.807) is 0 Å². The Morgan fingerprint density at radius 3 is 2.67 bits per heavy atom. The quantitative estimate of drug-likeness (QED) is 0.848. The van der Waals surface area contributed by atoms with E-state index in [1.807, 2.05) is 6.07 Å². The number of likely N-dealkylation sites (tertiary alicyclic amines) is 1. The Labute approximate surface area is 150 Å². The van der Waals surface area contributed by atoms with E-state index < -0.39 is 10.0 Å². The van der Waals surface area contributed by atoms with Gasteiger partial charge >= 0.3 is 0 Å². The molecule has 1 aromatic heterocycles. The van der Waals surface area contributed by atoms with E-state index in [2.05, 4.69) is 40.0 Å². The van der Waals surface area contributed by atoms with Gasteiger partial charge in [0.2, 0.25) is 10.0 Å². The van der Waals surface area contributed by atoms with Gasteiger partial charge in [0, 0.05) is 17.1 Å². The highest BCUT2D eigenvalue weighted by molar-refractivity contribution is 7.89. The average molecular weight is 372 g/mol. The summed E-state index contributed by atoms with van der Waals surface area (Å²) in [5.41, 5.74) is 3.59. The Morgan fingerprint density at radius 1 is 1.29 bits per heavy atom. The van der Waals surface area contributed by atoms with Gasteiger partial charge in [0.15, 0.2) is 0 Å². The Bertz CT molecular complexity index is 780. The van der Waals surface area contributed by atoms with Crippen molar-refractivity contribution in [2.75, 3.05) is 32.9 Å². The molecular formula is C17H26ClN3O2S. The first-order valence-corrected chi connectivity index (χ1v) is 9.83. The van der Waals surface area contributed by atoms with E-state index in [4.69, 9.17) is 0 Å². The molecule has 1 saturated heterocycles. The van der Waals surface area contributed by atoms with Gasteiger partial charge in [-0.05, 0) is 75.6 Å². The van der Waals surface area contributed by atoms with Crippen LogP contribution < -0.4 is 4.72 Å². The third-order valence-electron chi connectivity index (χ3n) is 4.91. The molecule has 2 heterocycles. The molecule has 0 amide bonds. The molecule has 0 aliphatic carbocycles. The van der Waals surface area contributed by atoms with Gasteiger partial charge in [-0.25, -0.2) is 13.1 Å². The van der Waals surface area contributed by atoms with Crippen LogP contribution in [0.2, 0.25) is 0 Å². The lowest BCUT2D eigenvalue weighted by Crippen LogP contribution is -2.29. The van der Waals surface area contributed by atoms with Gasteiger partial charge in [0.25, 0.3) is 0 Å². The molecule has 0 unspecified atom stereocenters. The van der Waals surface area contributed by atoms with Crippen molar-refractivity contribution in [3.63, 3.8) is 0 Å². The molecule has 1 aromatic carbocycles. The highest BCUT2D eigenvalue weighted by atomic mass is 35.5. The van der Waals surface area contributed by atoms with Crippen molar-refractivity contribution in [2.24, 2.45) is 0 Å². The predicted molar refractivity (Wildman–Crippen MR) is 102 cm³/mol. The number of aryl methyl sites for hydroxylation is 1. The number of nitrogens with zero attached hydrogens (tertiary/aromatic N) is 1. The van der Waals surface area contributed by atoms with Gasteiger partial charge in [-0.3, -0.25) is 0 Å². The zero-order chi connectivity index (χ0) is 16.4. The topological polar surface area (TPSA) is 65.2 Å². The molecular weight excluding hydrogens is 346 g/mol. The van der Waals surface area contributed by atoms with Crippen LogP contribution in [0.5, 0.6) is 0 Å². The van der Waals surface area contributed by atoms with Crippen molar-refractivity contribution in [2.45, 2.75) is 25.2 Å². The third kappa shape index (κ3) is 4.30. The van der Waals surface area contributed by atoms with Gasteiger partial charge in [0.1, 0.15) is 0 Å². The second-order valence-electron chi connectivity index (χ2n) is 6.47. The van der Waals surface area contributed by atoms with E-state index >= 15 is 0 Å². The highest BCUT2D eigenvalue weighted by Crippen LogP contribution is 2.33. The standard InChI is InChI=1S/C17H25N3O2S.ClH/c1-18-23(21,22)10-7-13-3-4-17-15(11-13)16(12-19-17)14-5-8-20(2)9-6-14;/h3-4,11-12,14,18-19H,5-10H2,1-2H3;1H. The molecule has 2 N–H and O–H groups in total. The number of sulfonamides is 1. The Balaban J connectivity index is 0.00000208. The molecule has 7 heteroatoms. The van der Waals surface area contributed by atoms with Crippen LogP contribution in [0.3, 0.4) is 0 Å². The number of aromatic nitrogens is 1. The van der Waals surface area contributed by atoms with Crippen LogP contribution in [-0.2, 0) is 16.4 Å². The lowest BCUT2D eigenvalue weighted by atomic mass is 9.89. The number of aromatic amines is 1. The average Bonchev–Trinajstić information content (AvgIpc) is 2.97. The summed E-state index contributed by atoms with van der Waals surface area (Å²) in [5.74, 6) is 0.722. The van der Waals surface area contributed by atoms with Crippen LogP contribution in [0.25, 0.3) is 10.9 Å². The molecule has 0 bridgehead atoms. The number of halogens is 1. The number of benzene rings is 1. The minimum atomic E-state index is -3.16. The summed E-state index contributed by atoms with van der Waals surface area (Å²) in [4.78, 5) is 5.74. The number of nitrogens with one attached hydrogen (secondary N) is 2. The number of fused-ring (bicyclic) bond motifs is 1. The van der Waals surface area contributed by atoms with E-state index in [9.17, 15) is 8.42 Å². The van der Waals surface area contributed by atoms with E-state index in [0.717, 1.165) is 24.2 Å². The summed E-state index contributed by atoms with van der Waals surface area (Å²) in [7, 11) is 0.476. The summed E-state index contributed by atoms with van der Waals surface area (Å²) in [6.07, 6.45) is 5.04. The fourth-order valence-electron chi connectivity index (χ4n) is 3.36. The van der Waals surface area contributed by atoms with Crippen molar-refractivity contribution in [1.82, 2.24) is 14.6 Å². The highest BCUT2D eigenvalue weighted by Gasteiger charge is 2.21. The van der Waals surface area contributed by atoms with E-state index in [1.165, 1.54) is 30.8 Å². The second kappa shape index (κ2) is 7.87. The number of piperidine rings is 1. The van der Waals surface area contributed by atoms with Gasteiger partial charge in [-0.15, -0.1) is 12.4 Å². The van der Waals surface area contributed by atoms with Crippen molar-refractivity contribution in [3.8, 4) is 0 Å². The van der Waals surface area contributed by atoms with Crippen molar-refractivity contribution >= 4 is 33.3 Å². The zero-order valence-electron chi connectivity index (χ0n) is 14.2. The van der Waals surface area contributed by atoms with Crippen LogP contribution in [0, 0.1) is 0 Å². The predicted octanol–water partition coefficient (Wildman–Crippen LogP) is 2.49. The lowest BCUT2D eigenvalue weighted by Gasteiger charge is -2.28. The van der Waals surface area contributed by atoms with Crippen LogP contribution >= 0.6 is 12.4 Å². The Hall–Kier alpha value is -1.08. The minimum Gasteiger partial charge on any atom is -0.361 e. The lowest BCUT2D eigenvalue weighted by molar-refractivity contribution is 0.256. The maximum Gasteiger partial charge on any atom is 0.211 e. The maximum absolute atomic E-state index is 11.6. The maximum atomic E-state index is 11.6. The van der Waals surface area contributed by atoms with Gasteiger partial charge in [0.05, 0.1) is 5.75 Å². The number of rotatable bonds is 5. The fourth-order valence-corrected chi connectivity index (χ4v) is 4.07. The summed E-state index contributed by atoms with van der Waals surface area (Å²) >= 11 is 0. The SMILES string of the molecule is CNS(=O)(=O)CCc1ccc2[nH]cc(C3CCN(C)CC3)c2c1.Cl. The molecule has 24 heavy (non-hydrogen) atoms. The first-order chi connectivity index (χ1) is 11.0. The Kier molecular flexibility index (Phi) is 6.31. The second-order valence-corrected chi connectivity index (χ2v) is 8.52.